The molecular formula is C16H24N2O3S2. The van der Waals surface area contributed by atoms with Gasteiger partial charge in [-0.1, -0.05) is 0 Å². The number of carbonyl (C=O) groups excluding carboxylic acids is 1. The van der Waals surface area contributed by atoms with Gasteiger partial charge in [-0.2, -0.15) is 0 Å². The average molecular weight is 357 g/mol. The maximum atomic E-state index is 12.9. The molecule has 1 aliphatic heterocycles. The van der Waals surface area contributed by atoms with E-state index in [1.165, 1.54) is 23.3 Å². The third kappa shape index (κ3) is 4.14. The highest BCUT2D eigenvalue weighted by molar-refractivity contribution is 7.88. The first-order valence-electron chi connectivity index (χ1n) is 8.31. The highest BCUT2D eigenvalue weighted by atomic mass is 32.2. The Hall–Kier alpha value is -0.920. The molecule has 1 aromatic rings. The first-order valence-corrected chi connectivity index (χ1v) is 11.0. The van der Waals surface area contributed by atoms with E-state index < -0.39 is 10.0 Å². The van der Waals surface area contributed by atoms with Gasteiger partial charge < -0.3 is 4.90 Å². The molecule has 128 valence electrons. The van der Waals surface area contributed by atoms with Gasteiger partial charge in [0, 0.05) is 24.0 Å². The van der Waals surface area contributed by atoms with Gasteiger partial charge in [0.05, 0.1) is 11.1 Å². The molecule has 1 atom stereocenters. The van der Waals surface area contributed by atoms with Crippen molar-refractivity contribution in [2.45, 2.75) is 51.0 Å². The Balaban J connectivity index is 1.74. The van der Waals surface area contributed by atoms with Crippen LogP contribution >= 0.6 is 11.3 Å². The monoisotopic (exact) mass is 356 g/mol. The summed E-state index contributed by atoms with van der Waals surface area (Å²) in [6.45, 7) is 1.03. The molecule has 7 heteroatoms. The van der Waals surface area contributed by atoms with Crippen molar-refractivity contribution in [3.05, 3.63) is 21.4 Å². The van der Waals surface area contributed by atoms with Crippen LogP contribution < -0.4 is 4.72 Å². The lowest BCUT2D eigenvalue weighted by Gasteiger charge is -2.35. The summed E-state index contributed by atoms with van der Waals surface area (Å²) in [5.41, 5.74) is 1.34. The van der Waals surface area contributed by atoms with Crippen molar-refractivity contribution in [2.75, 3.05) is 19.3 Å². The molecule has 1 aliphatic carbocycles. The predicted octanol–water partition coefficient (Wildman–Crippen LogP) is 2.17. The lowest BCUT2D eigenvalue weighted by atomic mass is 9.99. The summed E-state index contributed by atoms with van der Waals surface area (Å²) >= 11 is 1.63. The van der Waals surface area contributed by atoms with Crippen molar-refractivity contribution >= 4 is 27.3 Å². The summed E-state index contributed by atoms with van der Waals surface area (Å²) < 4.78 is 25.2. The van der Waals surface area contributed by atoms with E-state index in [1.54, 1.807) is 11.3 Å². The van der Waals surface area contributed by atoms with Crippen LogP contribution in [-0.2, 0) is 22.9 Å². The van der Waals surface area contributed by atoms with Crippen LogP contribution in [-0.4, -0.2) is 44.6 Å². The third-order valence-corrected chi connectivity index (χ3v) is 6.59. The molecule has 1 saturated heterocycles. The third-order valence-electron chi connectivity index (χ3n) is 4.68. The molecule has 0 unspecified atom stereocenters. The summed E-state index contributed by atoms with van der Waals surface area (Å²) in [7, 11) is -3.22. The minimum atomic E-state index is -3.22. The normalized spacial score (nSPS) is 22.0. The molecule has 0 bridgehead atoms. The zero-order chi connectivity index (χ0) is 16.4. The van der Waals surface area contributed by atoms with E-state index in [2.05, 4.69) is 10.8 Å². The van der Waals surface area contributed by atoms with Crippen LogP contribution in [0.4, 0.5) is 0 Å². The molecule has 1 N–H and O–H groups in total. The second-order valence-corrected chi connectivity index (χ2v) is 9.50. The van der Waals surface area contributed by atoms with E-state index in [4.69, 9.17) is 0 Å². The predicted molar refractivity (Wildman–Crippen MR) is 92.5 cm³/mol. The lowest BCUT2D eigenvalue weighted by Crippen LogP contribution is -2.49. The SMILES string of the molecule is CS(=O)(=O)NC[C@@H]1CCCCN1C(=O)c1cc2c(s1)CCCC2. The zero-order valence-electron chi connectivity index (χ0n) is 13.5. The fourth-order valence-corrected chi connectivity index (χ4v) is 5.17. The number of amides is 1. The van der Waals surface area contributed by atoms with Crippen LogP contribution in [0.3, 0.4) is 0 Å². The van der Waals surface area contributed by atoms with Gasteiger partial charge in [0.1, 0.15) is 0 Å². The second kappa shape index (κ2) is 6.91. The smallest absolute Gasteiger partial charge is 0.264 e. The summed E-state index contributed by atoms with van der Waals surface area (Å²) in [6.07, 6.45) is 8.65. The average Bonchev–Trinajstić information content (AvgIpc) is 2.96. The van der Waals surface area contributed by atoms with E-state index in [-0.39, 0.29) is 11.9 Å². The zero-order valence-corrected chi connectivity index (χ0v) is 15.1. The molecule has 1 amide bonds. The maximum absolute atomic E-state index is 12.9. The minimum Gasteiger partial charge on any atom is -0.334 e. The number of likely N-dealkylation sites (tertiary alicyclic amines) is 1. The number of nitrogens with one attached hydrogen (secondary N) is 1. The van der Waals surface area contributed by atoms with E-state index in [9.17, 15) is 13.2 Å². The number of rotatable bonds is 4. The van der Waals surface area contributed by atoms with Crippen LogP contribution in [0.25, 0.3) is 0 Å². The Morgan fingerprint density at radius 2 is 2.09 bits per heavy atom. The summed E-state index contributed by atoms with van der Waals surface area (Å²) in [5, 5.41) is 0. The first-order chi connectivity index (χ1) is 10.9. The number of sulfonamides is 1. The fourth-order valence-electron chi connectivity index (χ4n) is 3.47. The van der Waals surface area contributed by atoms with Gasteiger partial charge >= 0.3 is 0 Å². The first kappa shape index (κ1) is 16.9. The van der Waals surface area contributed by atoms with E-state index >= 15 is 0 Å². The van der Waals surface area contributed by atoms with Crippen LogP contribution in [0.2, 0.25) is 0 Å². The Morgan fingerprint density at radius 1 is 1.30 bits per heavy atom. The van der Waals surface area contributed by atoms with Crippen molar-refractivity contribution < 1.29 is 13.2 Å². The molecule has 1 aromatic heterocycles. The van der Waals surface area contributed by atoms with E-state index in [0.29, 0.717) is 6.54 Å². The molecule has 0 spiro atoms. The Kier molecular flexibility index (Phi) is 5.08. The standard InChI is InChI=1S/C16H24N2O3S2/c1-23(20,21)17-11-13-7-4-5-9-18(13)16(19)15-10-12-6-2-3-8-14(12)22-15/h10,13,17H,2-9,11H2,1H3/t13-/m0/s1. The Morgan fingerprint density at radius 3 is 2.83 bits per heavy atom. The van der Waals surface area contributed by atoms with Crippen LogP contribution in [0.15, 0.2) is 6.07 Å². The van der Waals surface area contributed by atoms with Crippen molar-refractivity contribution in [1.82, 2.24) is 9.62 Å². The molecule has 0 aromatic carbocycles. The largest absolute Gasteiger partial charge is 0.334 e. The number of thiophene rings is 1. The molecule has 23 heavy (non-hydrogen) atoms. The highest BCUT2D eigenvalue weighted by Gasteiger charge is 2.29. The van der Waals surface area contributed by atoms with Gasteiger partial charge in [-0.25, -0.2) is 13.1 Å². The number of hydrogen-bond donors (Lipinski definition) is 1. The number of piperidine rings is 1. The van der Waals surface area contributed by atoms with Crippen LogP contribution in [0, 0.1) is 0 Å². The van der Waals surface area contributed by atoms with Crippen molar-refractivity contribution in [3.63, 3.8) is 0 Å². The topological polar surface area (TPSA) is 66.5 Å². The molecular weight excluding hydrogens is 332 g/mol. The maximum Gasteiger partial charge on any atom is 0.264 e. The van der Waals surface area contributed by atoms with Crippen LogP contribution in [0.5, 0.6) is 0 Å². The van der Waals surface area contributed by atoms with Gasteiger partial charge in [-0.05, 0) is 56.6 Å². The van der Waals surface area contributed by atoms with Crippen molar-refractivity contribution in [1.29, 1.82) is 0 Å². The molecule has 2 aliphatic rings. The van der Waals surface area contributed by atoms with Gasteiger partial charge in [0.25, 0.3) is 5.91 Å². The number of carbonyl (C=O) groups is 1. The van der Waals surface area contributed by atoms with Gasteiger partial charge in [-0.15, -0.1) is 11.3 Å². The quantitative estimate of drug-likeness (QED) is 0.899. The van der Waals surface area contributed by atoms with Gasteiger partial charge in [-0.3, -0.25) is 4.79 Å². The number of fused-ring (bicyclic) bond motifs is 1. The minimum absolute atomic E-state index is 0.0369. The van der Waals surface area contributed by atoms with Gasteiger partial charge in [0.15, 0.2) is 0 Å². The lowest BCUT2D eigenvalue weighted by molar-refractivity contribution is 0.0624. The van der Waals surface area contributed by atoms with E-state index in [1.807, 2.05) is 4.90 Å². The summed E-state index contributed by atoms with van der Waals surface area (Å²) in [5.74, 6) is 0.0735. The molecule has 0 saturated carbocycles. The van der Waals surface area contributed by atoms with Gasteiger partial charge in [0.2, 0.25) is 10.0 Å². The molecule has 1 fully saturated rings. The van der Waals surface area contributed by atoms with Crippen molar-refractivity contribution in [3.8, 4) is 0 Å². The summed E-state index contributed by atoms with van der Waals surface area (Å²) in [4.78, 5) is 17.0. The molecule has 0 radical (unpaired) electrons. The number of aryl methyl sites for hydroxylation is 2. The Labute approximate surface area is 142 Å². The Bertz CT molecular complexity index is 658. The van der Waals surface area contributed by atoms with Crippen molar-refractivity contribution in [2.24, 2.45) is 0 Å². The fraction of sp³-hybridized carbons (Fsp3) is 0.688. The van der Waals surface area contributed by atoms with E-state index in [0.717, 1.165) is 49.8 Å². The summed E-state index contributed by atoms with van der Waals surface area (Å²) in [6, 6.07) is 2.03. The molecule has 3 rings (SSSR count). The second-order valence-electron chi connectivity index (χ2n) is 6.53. The highest BCUT2D eigenvalue weighted by Crippen LogP contribution is 2.31. The van der Waals surface area contributed by atoms with Crippen LogP contribution in [0.1, 0.15) is 52.2 Å². The number of nitrogens with zero attached hydrogens (tertiary/aromatic N) is 1. The molecule has 2 heterocycles. The number of hydrogen-bond acceptors (Lipinski definition) is 4. The molecule has 5 nitrogen and oxygen atoms in total.